The summed E-state index contributed by atoms with van der Waals surface area (Å²) in [6.07, 6.45) is 0. The van der Waals surface area contributed by atoms with Crippen LogP contribution in [0.15, 0.2) is 0 Å². The van der Waals surface area contributed by atoms with Gasteiger partial charge in [-0.15, -0.1) is 0 Å². The molecule has 0 saturated carbocycles. The van der Waals surface area contributed by atoms with E-state index in [2.05, 4.69) is 10.1 Å². The van der Waals surface area contributed by atoms with Crippen molar-refractivity contribution in [2.24, 2.45) is 0 Å². The standard InChI is InChI=1S/C5H7NO4/c1-10-4(9)5(2-6-5)3(7)8/h6H,2H2,1H3,(H,7,8)/p-1. The van der Waals surface area contributed by atoms with E-state index in [4.69, 9.17) is 0 Å². The first-order chi connectivity index (χ1) is 4.63. The number of nitrogens with one attached hydrogen (secondary N) is 1. The molecule has 1 aliphatic heterocycles. The highest BCUT2D eigenvalue weighted by molar-refractivity contribution is 6.06. The van der Waals surface area contributed by atoms with Gasteiger partial charge >= 0.3 is 5.97 Å². The summed E-state index contributed by atoms with van der Waals surface area (Å²) < 4.78 is 4.22. The lowest BCUT2D eigenvalue weighted by atomic mass is 10.2. The first kappa shape index (κ1) is 7.01. The predicted octanol–water partition coefficient (Wildman–Crippen LogP) is -2.75. The molecule has 5 nitrogen and oxygen atoms in total. The van der Waals surface area contributed by atoms with Crippen LogP contribution in [-0.2, 0) is 14.3 Å². The second-order valence-electron chi connectivity index (χ2n) is 2.04. The van der Waals surface area contributed by atoms with Crippen LogP contribution in [0.4, 0.5) is 0 Å². The van der Waals surface area contributed by atoms with E-state index in [1.807, 2.05) is 0 Å². The lowest BCUT2D eigenvalue weighted by Crippen LogP contribution is -2.47. The Kier molecular flexibility index (Phi) is 1.37. The zero-order chi connectivity index (χ0) is 7.78. The summed E-state index contributed by atoms with van der Waals surface area (Å²) >= 11 is 0. The minimum absolute atomic E-state index is 0.0992. The van der Waals surface area contributed by atoms with Crippen LogP contribution in [-0.4, -0.2) is 31.1 Å². The average molecular weight is 144 g/mol. The van der Waals surface area contributed by atoms with Gasteiger partial charge in [-0.2, -0.15) is 0 Å². The monoisotopic (exact) mass is 144 g/mol. The van der Waals surface area contributed by atoms with Crippen molar-refractivity contribution in [3.63, 3.8) is 0 Å². The maximum absolute atomic E-state index is 10.6. The second-order valence-corrected chi connectivity index (χ2v) is 2.04. The summed E-state index contributed by atoms with van der Waals surface area (Å²) in [5, 5.41) is 12.6. The van der Waals surface area contributed by atoms with Crippen LogP contribution in [0.25, 0.3) is 0 Å². The largest absolute Gasteiger partial charge is 0.547 e. The van der Waals surface area contributed by atoms with Crippen LogP contribution < -0.4 is 10.4 Å². The van der Waals surface area contributed by atoms with E-state index in [0.717, 1.165) is 7.11 Å². The van der Waals surface area contributed by atoms with E-state index >= 15 is 0 Å². The zero-order valence-corrected chi connectivity index (χ0v) is 5.34. The first-order valence-electron chi connectivity index (χ1n) is 2.68. The van der Waals surface area contributed by atoms with Crippen molar-refractivity contribution in [1.29, 1.82) is 0 Å². The molecule has 1 unspecified atom stereocenters. The highest BCUT2D eigenvalue weighted by atomic mass is 16.5. The molecule has 5 heteroatoms. The van der Waals surface area contributed by atoms with Crippen molar-refractivity contribution in [2.75, 3.05) is 13.7 Å². The summed E-state index contributed by atoms with van der Waals surface area (Å²) in [6, 6.07) is 0. The van der Waals surface area contributed by atoms with E-state index in [1.165, 1.54) is 0 Å². The molecule has 1 aliphatic rings. The molecule has 1 N–H and O–H groups in total. The van der Waals surface area contributed by atoms with Crippen molar-refractivity contribution < 1.29 is 19.4 Å². The molecule has 0 radical (unpaired) electrons. The molecule has 1 atom stereocenters. The number of carboxylic acids is 1. The summed E-state index contributed by atoms with van der Waals surface area (Å²) in [5.74, 6) is -2.23. The van der Waals surface area contributed by atoms with Gasteiger partial charge in [0.1, 0.15) is 0 Å². The molecule has 0 spiro atoms. The van der Waals surface area contributed by atoms with Crippen LogP contribution in [0, 0.1) is 0 Å². The second kappa shape index (κ2) is 1.95. The third-order valence-electron chi connectivity index (χ3n) is 1.41. The molecular weight excluding hydrogens is 138 g/mol. The Balaban J connectivity index is 2.69. The number of methoxy groups -OCH3 is 1. The van der Waals surface area contributed by atoms with Crippen LogP contribution >= 0.6 is 0 Å². The Hall–Kier alpha value is -1.10. The molecule has 1 heterocycles. The molecule has 0 bridgehead atoms. The lowest BCUT2D eigenvalue weighted by Gasteiger charge is -2.10. The molecule has 1 saturated heterocycles. The third kappa shape index (κ3) is 0.750. The lowest BCUT2D eigenvalue weighted by molar-refractivity contribution is -0.308. The highest BCUT2D eigenvalue weighted by Gasteiger charge is 2.52. The smallest absolute Gasteiger partial charge is 0.333 e. The number of hydrogen-bond acceptors (Lipinski definition) is 5. The number of ether oxygens (including phenoxy) is 1. The fourth-order valence-electron chi connectivity index (χ4n) is 0.635. The van der Waals surface area contributed by atoms with E-state index in [-0.39, 0.29) is 6.54 Å². The first-order valence-corrected chi connectivity index (χ1v) is 2.68. The number of rotatable bonds is 2. The number of hydrogen-bond donors (Lipinski definition) is 1. The molecule has 1 fully saturated rings. The van der Waals surface area contributed by atoms with Crippen LogP contribution in [0.3, 0.4) is 0 Å². The van der Waals surface area contributed by atoms with Crippen molar-refractivity contribution in [2.45, 2.75) is 5.54 Å². The molecule has 0 amide bonds. The van der Waals surface area contributed by atoms with E-state index < -0.39 is 17.5 Å². The summed E-state index contributed by atoms with van der Waals surface area (Å²) in [6.45, 7) is 0.0992. The average Bonchev–Trinajstić information content (AvgIpc) is 2.65. The summed E-state index contributed by atoms with van der Waals surface area (Å²) in [7, 11) is 1.13. The van der Waals surface area contributed by atoms with Gasteiger partial charge in [0, 0.05) is 6.54 Å². The normalized spacial score (nSPS) is 29.3. The molecule has 1 rings (SSSR count). The fourth-order valence-corrected chi connectivity index (χ4v) is 0.635. The topological polar surface area (TPSA) is 88.4 Å². The highest BCUT2D eigenvalue weighted by Crippen LogP contribution is 2.16. The predicted molar refractivity (Wildman–Crippen MR) is 27.8 cm³/mol. The van der Waals surface area contributed by atoms with Crippen LogP contribution in [0.5, 0.6) is 0 Å². The van der Waals surface area contributed by atoms with Gasteiger partial charge in [0.25, 0.3) is 0 Å². The quantitative estimate of drug-likeness (QED) is 0.258. The Bertz CT molecular complexity index is 184. The van der Waals surface area contributed by atoms with Gasteiger partial charge in [-0.3, -0.25) is 5.32 Å². The van der Waals surface area contributed by atoms with Crippen molar-refractivity contribution in [1.82, 2.24) is 5.32 Å². The minimum atomic E-state index is -1.55. The molecule has 0 aromatic carbocycles. The van der Waals surface area contributed by atoms with Gasteiger partial charge in [-0.25, -0.2) is 4.79 Å². The van der Waals surface area contributed by atoms with Gasteiger partial charge in [0.05, 0.1) is 13.1 Å². The molecule has 56 valence electrons. The summed E-state index contributed by atoms with van der Waals surface area (Å²) in [5.41, 5.74) is -1.55. The van der Waals surface area contributed by atoms with Gasteiger partial charge in [0.15, 0.2) is 5.54 Å². The Morgan fingerprint density at radius 3 is 2.30 bits per heavy atom. The van der Waals surface area contributed by atoms with Crippen LogP contribution in [0.2, 0.25) is 0 Å². The zero-order valence-electron chi connectivity index (χ0n) is 5.34. The third-order valence-corrected chi connectivity index (χ3v) is 1.41. The minimum Gasteiger partial charge on any atom is -0.547 e. The molecule has 10 heavy (non-hydrogen) atoms. The van der Waals surface area contributed by atoms with Gasteiger partial charge < -0.3 is 14.6 Å². The van der Waals surface area contributed by atoms with Crippen LogP contribution in [0.1, 0.15) is 0 Å². The van der Waals surface area contributed by atoms with Gasteiger partial charge in [0.2, 0.25) is 0 Å². The molecule has 0 aromatic rings. The number of carbonyl (C=O) groups excluding carboxylic acids is 2. The maximum Gasteiger partial charge on any atom is 0.333 e. The van der Waals surface area contributed by atoms with E-state index in [1.54, 1.807) is 0 Å². The fraction of sp³-hybridized carbons (Fsp3) is 0.600. The maximum atomic E-state index is 10.6. The summed E-state index contributed by atoms with van der Waals surface area (Å²) in [4.78, 5) is 20.8. The Morgan fingerprint density at radius 2 is 2.20 bits per heavy atom. The van der Waals surface area contributed by atoms with Crippen molar-refractivity contribution >= 4 is 11.9 Å². The van der Waals surface area contributed by atoms with Gasteiger partial charge in [-0.05, 0) is 0 Å². The van der Waals surface area contributed by atoms with E-state index in [9.17, 15) is 14.7 Å². The van der Waals surface area contributed by atoms with Gasteiger partial charge in [-0.1, -0.05) is 0 Å². The Labute approximate surface area is 57.0 Å². The molecule has 0 aliphatic carbocycles. The number of esters is 1. The van der Waals surface area contributed by atoms with Crippen molar-refractivity contribution in [3.8, 4) is 0 Å². The number of aliphatic carboxylic acids is 1. The Morgan fingerprint density at radius 1 is 1.70 bits per heavy atom. The molecular formula is C5H6NO4-. The van der Waals surface area contributed by atoms with E-state index in [0.29, 0.717) is 0 Å². The number of carbonyl (C=O) groups is 2. The molecule has 0 aromatic heterocycles. The van der Waals surface area contributed by atoms with Crippen molar-refractivity contribution in [3.05, 3.63) is 0 Å². The SMILES string of the molecule is COC(=O)C1(C(=O)[O-])CN1. The number of carboxylic acid groups (broad SMARTS) is 1.